The van der Waals surface area contributed by atoms with E-state index in [1.807, 2.05) is 42.5 Å². The van der Waals surface area contributed by atoms with Crippen LogP contribution in [-0.2, 0) is 16.9 Å². The summed E-state index contributed by atoms with van der Waals surface area (Å²) in [4.78, 5) is 14.3. The summed E-state index contributed by atoms with van der Waals surface area (Å²) in [5.74, 6) is 2.28. The van der Waals surface area contributed by atoms with Gasteiger partial charge in [0.05, 0.1) is 18.4 Å². The van der Waals surface area contributed by atoms with Gasteiger partial charge in [0, 0.05) is 29.8 Å². The molecule has 1 saturated carbocycles. The summed E-state index contributed by atoms with van der Waals surface area (Å²) in [7, 11) is 0. The van der Waals surface area contributed by atoms with Crippen molar-refractivity contribution in [3.05, 3.63) is 66.1 Å². The Kier molecular flexibility index (Phi) is 4.40. The van der Waals surface area contributed by atoms with Crippen molar-refractivity contribution in [2.75, 3.05) is 13.2 Å². The highest BCUT2D eigenvalue weighted by atomic mass is 16.5. The molecule has 34 heavy (non-hydrogen) atoms. The van der Waals surface area contributed by atoms with Gasteiger partial charge in [0.25, 0.3) is 0 Å². The summed E-state index contributed by atoms with van der Waals surface area (Å²) in [5, 5.41) is 9.80. The zero-order chi connectivity index (χ0) is 22.7. The molecule has 4 aromatic rings. The van der Waals surface area contributed by atoms with E-state index in [4.69, 9.17) is 24.2 Å². The van der Waals surface area contributed by atoms with Gasteiger partial charge in [-0.25, -0.2) is 15.0 Å². The van der Waals surface area contributed by atoms with E-state index in [-0.39, 0.29) is 12.2 Å². The first kappa shape index (κ1) is 19.9. The van der Waals surface area contributed by atoms with Crippen molar-refractivity contribution in [2.24, 2.45) is 0 Å². The maximum atomic E-state index is 9.80. The molecule has 1 aliphatic carbocycles. The van der Waals surface area contributed by atoms with Crippen LogP contribution in [0.1, 0.15) is 30.7 Å². The van der Waals surface area contributed by atoms with E-state index in [0.717, 1.165) is 52.4 Å². The molecule has 1 fully saturated rings. The fourth-order valence-corrected chi connectivity index (χ4v) is 5.47. The van der Waals surface area contributed by atoms with Gasteiger partial charge in [0.15, 0.2) is 5.65 Å². The van der Waals surface area contributed by atoms with Crippen molar-refractivity contribution in [3.63, 3.8) is 0 Å². The standard InChI is InChI=1S/C26H24N4O4/c31-17-5-6-18(12-17)34-24-11-16(9-10-27-24)20-7-8-21-25(29-20)30-23(28-21)13-32-14-26(30)15-33-22-4-2-1-3-19(22)26/h1-4,7-11,17-18,31H,5-6,12-15H2. The lowest BCUT2D eigenvalue weighted by atomic mass is 9.91. The number of fused-ring (bicyclic) bond motifs is 6. The summed E-state index contributed by atoms with van der Waals surface area (Å²) in [5.41, 5.74) is 4.00. The molecule has 1 spiro atoms. The van der Waals surface area contributed by atoms with Crippen LogP contribution < -0.4 is 9.47 Å². The van der Waals surface area contributed by atoms with Gasteiger partial charge in [-0.15, -0.1) is 0 Å². The van der Waals surface area contributed by atoms with Crippen LogP contribution in [0.4, 0.5) is 0 Å². The molecule has 0 radical (unpaired) electrons. The second-order valence-electron chi connectivity index (χ2n) is 9.30. The molecule has 7 rings (SSSR count). The Morgan fingerprint density at radius 1 is 1.06 bits per heavy atom. The first-order valence-electron chi connectivity index (χ1n) is 11.7. The van der Waals surface area contributed by atoms with E-state index >= 15 is 0 Å². The van der Waals surface area contributed by atoms with E-state index in [2.05, 4.69) is 15.6 Å². The summed E-state index contributed by atoms with van der Waals surface area (Å²) >= 11 is 0. The number of imidazole rings is 1. The number of aliphatic hydroxyl groups is 1. The predicted octanol–water partition coefficient (Wildman–Crippen LogP) is 3.45. The Balaban J connectivity index is 1.31. The van der Waals surface area contributed by atoms with Gasteiger partial charge >= 0.3 is 0 Å². The second-order valence-corrected chi connectivity index (χ2v) is 9.30. The third-order valence-corrected chi connectivity index (χ3v) is 7.10. The van der Waals surface area contributed by atoms with E-state index in [1.165, 1.54) is 0 Å². The molecule has 172 valence electrons. The molecule has 3 atom stereocenters. The van der Waals surface area contributed by atoms with Crippen molar-refractivity contribution in [1.82, 2.24) is 19.5 Å². The average molecular weight is 457 g/mol. The summed E-state index contributed by atoms with van der Waals surface area (Å²) < 4.78 is 20.3. The first-order valence-corrected chi connectivity index (χ1v) is 11.7. The number of hydrogen-bond acceptors (Lipinski definition) is 7. The lowest BCUT2D eigenvalue weighted by Crippen LogP contribution is -2.45. The third-order valence-electron chi connectivity index (χ3n) is 7.10. The maximum absolute atomic E-state index is 9.80. The van der Waals surface area contributed by atoms with Gasteiger partial charge in [-0.3, -0.25) is 4.57 Å². The number of rotatable bonds is 3. The average Bonchev–Trinajstić information content (AvgIpc) is 3.55. The van der Waals surface area contributed by atoms with Crippen LogP contribution in [0, 0.1) is 0 Å². The fourth-order valence-electron chi connectivity index (χ4n) is 5.47. The zero-order valence-electron chi connectivity index (χ0n) is 18.6. The molecule has 2 aliphatic heterocycles. The lowest BCUT2D eigenvalue weighted by molar-refractivity contribution is 0.0134. The number of nitrogens with zero attached hydrogens (tertiary/aromatic N) is 4. The highest BCUT2D eigenvalue weighted by Crippen LogP contribution is 2.44. The minimum Gasteiger partial charge on any atom is -0.490 e. The molecule has 0 amide bonds. The van der Waals surface area contributed by atoms with Gasteiger partial charge in [-0.2, -0.15) is 0 Å². The summed E-state index contributed by atoms with van der Waals surface area (Å²) in [6, 6.07) is 16.0. The van der Waals surface area contributed by atoms with Gasteiger partial charge < -0.3 is 19.3 Å². The smallest absolute Gasteiger partial charge is 0.214 e. The number of benzene rings is 1. The van der Waals surface area contributed by atoms with Crippen molar-refractivity contribution in [1.29, 1.82) is 0 Å². The molecule has 8 heteroatoms. The number of hydrogen-bond donors (Lipinski definition) is 1. The van der Waals surface area contributed by atoms with Crippen LogP contribution in [0.5, 0.6) is 11.6 Å². The van der Waals surface area contributed by atoms with Gasteiger partial charge in [0.2, 0.25) is 5.88 Å². The van der Waals surface area contributed by atoms with Gasteiger partial charge in [0.1, 0.15) is 41.9 Å². The van der Waals surface area contributed by atoms with Crippen molar-refractivity contribution >= 4 is 11.2 Å². The van der Waals surface area contributed by atoms with Crippen LogP contribution in [0.25, 0.3) is 22.4 Å². The molecule has 0 saturated heterocycles. The monoisotopic (exact) mass is 456 g/mol. The van der Waals surface area contributed by atoms with Gasteiger partial charge in [-0.1, -0.05) is 18.2 Å². The largest absolute Gasteiger partial charge is 0.490 e. The first-order chi connectivity index (χ1) is 16.7. The Morgan fingerprint density at radius 2 is 2.00 bits per heavy atom. The Hall–Kier alpha value is -3.49. The van der Waals surface area contributed by atoms with Crippen LogP contribution in [0.15, 0.2) is 54.7 Å². The Labute approximate surface area is 196 Å². The summed E-state index contributed by atoms with van der Waals surface area (Å²) in [6.45, 7) is 1.43. The molecule has 3 aromatic heterocycles. The predicted molar refractivity (Wildman–Crippen MR) is 124 cm³/mol. The highest BCUT2D eigenvalue weighted by molar-refractivity contribution is 5.77. The van der Waals surface area contributed by atoms with Crippen LogP contribution in [-0.4, -0.2) is 50.0 Å². The van der Waals surface area contributed by atoms with Gasteiger partial charge in [-0.05, 0) is 37.1 Å². The lowest BCUT2D eigenvalue weighted by Gasteiger charge is -2.34. The molecule has 1 N–H and O–H groups in total. The molecule has 3 aliphatic rings. The summed E-state index contributed by atoms with van der Waals surface area (Å²) in [6.07, 6.45) is 3.71. The SMILES string of the molecule is OC1CCC(Oc2cc(-c3ccc4nc5n(c4n3)C3(COC5)COc4ccccc43)ccn2)C1. The van der Waals surface area contributed by atoms with E-state index in [1.54, 1.807) is 6.20 Å². The molecule has 1 aromatic carbocycles. The van der Waals surface area contributed by atoms with Crippen LogP contribution in [0.3, 0.4) is 0 Å². The molecular weight excluding hydrogens is 432 g/mol. The van der Waals surface area contributed by atoms with E-state index in [9.17, 15) is 5.11 Å². The Bertz CT molecular complexity index is 1400. The Morgan fingerprint density at radius 3 is 2.91 bits per heavy atom. The maximum Gasteiger partial charge on any atom is 0.214 e. The molecule has 8 nitrogen and oxygen atoms in total. The van der Waals surface area contributed by atoms with Crippen molar-refractivity contribution in [2.45, 2.75) is 43.6 Å². The second kappa shape index (κ2) is 7.51. The number of aromatic nitrogens is 4. The fraction of sp³-hybridized carbons (Fsp3) is 0.346. The zero-order valence-corrected chi connectivity index (χ0v) is 18.6. The van der Waals surface area contributed by atoms with Crippen LogP contribution in [0.2, 0.25) is 0 Å². The third kappa shape index (κ3) is 3.02. The minimum atomic E-state index is -0.486. The van der Waals surface area contributed by atoms with Crippen LogP contribution >= 0.6 is 0 Å². The molecule has 5 heterocycles. The highest BCUT2D eigenvalue weighted by Gasteiger charge is 2.47. The normalized spacial score (nSPS) is 25.3. The number of pyridine rings is 2. The number of aliphatic hydroxyl groups excluding tert-OH is 1. The van der Waals surface area contributed by atoms with Crippen molar-refractivity contribution < 1.29 is 19.3 Å². The topological polar surface area (TPSA) is 91.5 Å². The molecule has 3 unspecified atom stereocenters. The van der Waals surface area contributed by atoms with E-state index in [0.29, 0.717) is 32.1 Å². The number of ether oxygens (including phenoxy) is 3. The molecule has 0 bridgehead atoms. The minimum absolute atomic E-state index is 0.00247. The van der Waals surface area contributed by atoms with E-state index < -0.39 is 5.54 Å². The molecular formula is C26H24N4O4. The number of para-hydroxylation sites is 1. The quantitative estimate of drug-likeness (QED) is 0.505. The van der Waals surface area contributed by atoms with Crippen molar-refractivity contribution in [3.8, 4) is 22.9 Å².